The highest BCUT2D eigenvalue weighted by atomic mass is 35.5. The van der Waals surface area contributed by atoms with E-state index < -0.39 is 0 Å². The SMILES string of the molecule is CC(=O)Nc1ccc2nc(NC(=S)NC(=O)c3cccc4c(Cl)cccc34)sc2c1. The quantitative estimate of drug-likeness (QED) is 0.371. The van der Waals surface area contributed by atoms with E-state index in [1.807, 2.05) is 24.3 Å². The number of nitrogens with zero attached hydrogens (tertiary/aromatic N) is 1. The highest BCUT2D eigenvalue weighted by Gasteiger charge is 2.14. The number of hydrogen-bond donors (Lipinski definition) is 3. The average molecular weight is 455 g/mol. The van der Waals surface area contributed by atoms with E-state index in [0.29, 0.717) is 21.4 Å². The molecule has 0 bridgehead atoms. The minimum absolute atomic E-state index is 0.139. The van der Waals surface area contributed by atoms with Gasteiger partial charge in [0.1, 0.15) is 0 Å². The van der Waals surface area contributed by atoms with Gasteiger partial charge in [0.15, 0.2) is 10.2 Å². The first-order chi connectivity index (χ1) is 14.4. The molecule has 6 nitrogen and oxygen atoms in total. The molecular formula is C21H15ClN4O2S2. The Balaban J connectivity index is 1.50. The fourth-order valence-electron chi connectivity index (χ4n) is 3.03. The lowest BCUT2D eigenvalue weighted by Gasteiger charge is -2.10. The van der Waals surface area contributed by atoms with Crippen LogP contribution in [0.3, 0.4) is 0 Å². The number of fused-ring (bicyclic) bond motifs is 2. The van der Waals surface area contributed by atoms with Crippen molar-refractivity contribution in [3.8, 4) is 0 Å². The van der Waals surface area contributed by atoms with Crippen LogP contribution in [-0.2, 0) is 4.79 Å². The summed E-state index contributed by atoms with van der Waals surface area (Å²) in [4.78, 5) is 28.4. The molecule has 1 aromatic heterocycles. The minimum Gasteiger partial charge on any atom is -0.326 e. The lowest BCUT2D eigenvalue weighted by molar-refractivity contribution is -0.114. The van der Waals surface area contributed by atoms with Crippen molar-refractivity contribution >= 4 is 83.9 Å². The Morgan fingerprint density at radius 1 is 1.03 bits per heavy atom. The standard InChI is InChI=1S/C21H15ClN4O2S2/c1-11(27)23-12-8-9-17-18(10-12)30-21(24-17)26-20(29)25-19(28)15-6-2-5-14-13(15)4-3-7-16(14)22/h2-10H,1H3,(H,23,27)(H2,24,25,26,28,29). The van der Waals surface area contributed by atoms with Gasteiger partial charge in [-0.15, -0.1) is 0 Å². The zero-order valence-corrected chi connectivity index (χ0v) is 18.0. The number of carbonyl (C=O) groups is 2. The number of anilines is 2. The van der Waals surface area contributed by atoms with Crippen molar-refractivity contribution in [2.24, 2.45) is 0 Å². The number of nitrogens with one attached hydrogen (secondary N) is 3. The summed E-state index contributed by atoms with van der Waals surface area (Å²) >= 11 is 12.9. The fourth-order valence-corrected chi connectivity index (χ4v) is 4.43. The summed E-state index contributed by atoms with van der Waals surface area (Å²) in [5, 5.41) is 11.2. The topological polar surface area (TPSA) is 83.1 Å². The molecule has 0 fully saturated rings. The molecule has 0 aliphatic heterocycles. The van der Waals surface area contributed by atoms with Gasteiger partial charge in [-0.05, 0) is 47.9 Å². The third-order valence-corrected chi connectivity index (χ3v) is 5.74. The molecule has 30 heavy (non-hydrogen) atoms. The Bertz CT molecular complexity index is 1320. The van der Waals surface area contributed by atoms with Crippen molar-refractivity contribution in [2.45, 2.75) is 6.92 Å². The van der Waals surface area contributed by atoms with Crippen molar-refractivity contribution in [1.82, 2.24) is 10.3 Å². The summed E-state index contributed by atoms with van der Waals surface area (Å²) in [5.41, 5.74) is 1.92. The van der Waals surface area contributed by atoms with E-state index in [4.69, 9.17) is 23.8 Å². The summed E-state index contributed by atoms with van der Waals surface area (Å²) in [5.74, 6) is -0.481. The Morgan fingerprint density at radius 2 is 1.80 bits per heavy atom. The lowest BCUT2D eigenvalue weighted by Crippen LogP contribution is -2.34. The van der Waals surface area contributed by atoms with Crippen LogP contribution in [0.4, 0.5) is 10.8 Å². The zero-order valence-electron chi connectivity index (χ0n) is 15.7. The van der Waals surface area contributed by atoms with Gasteiger partial charge in [0.05, 0.1) is 10.2 Å². The van der Waals surface area contributed by atoms with Gasteiger partial charge in [-0.25, -0.2) is 4.98 Å². The molecule has 0 atom stereocenters. The molecule has 3 aromatic carbocycles. The minimum atomic E-state index is -0.338. The second-order valence-corrected chi connectivity index (χ2v) is 8.28. The second-order valence-electron chi connectivity index (χ2n) is 6.43. The van der Waals surface area contributed by atoms with Crippen LogP contribution in [0.2, 0.25) is 5.02 Å². The molecule has 4 rings (SSSR count). The third-order valence-electron chi connectivity index (χ3n) is 4.27. The number of aromatic nitrogens is 1. The van der Waals surface area contributed by atoms with Crippen LogP contribution in [0.5, 0.6) is 0 Å². The van der Waals surface area contributed by atoms with E-state index >= 15 is 0 Å². The molecule has 2 amide bonds. The van der Waals surface area contributed by atoms with Crippen LogP contribution < -0.4 is 16.0 Å². The van der Waals surface area contributed by atoms with E-state index in [1.54, 1.807) is 30.3 Å². The molecule has 4 aromatic rings. The Morgan fingerprint density at radius 3 is 2.60 bits per heavy atom. The molecule has 9 heteroatoms. The van der Waals surface area contributed by atoms with Crippen molar-refractivity contribution in [3.05, 3.63) is 65.2 Å². The van der Waals surface area contributed by atoms with Gasteiger partial charge in [0.25, 0.3) is 5.91 Å². The zero-order chi connectivity index (χ0) is 21.3. The van der Waals surface area contributed by atoms with Crippen molar-refractivity contribution in [2.75, 3.05) is 10.6 Å². The number of benzene rings is 3. The largest absolute Gasteiger partial charge is 0.326 e. The molecule has 0 aliphatic rings. The van der Waals surface area contributed by atoms with Gasteiger partial charge in [0.2, 0.25) is 5.91 Å². The molecular weight excluding hydrogens is 440 g/mol. The Hall–Kier alpha value is -3.07. The number of thiazole rings is 1. The Labute approximate surface area is 186 Å². The summed E-state index contributed by atoms with van der Waals surface area (Å²) < 4.78 is 0.876. The van der Waals surface area contributed by atoms with Crippen LogP contribution in [0, 0.1) is 0 Å². The third kappa shape index (κ3) is 4.25. The summed E-state index contributed by atoms with van der Waals surface area (Å²) in [6, 6.07) is 16.2. The first-order valence-corrected chi connectivity index (χ1v) is 10.5. The molecule has 0 unspecified atom stereocenters. The number of hydrogen-bond acceptors (Lipinski definition) is 5. The number of rotatable bonds is 3. The predicted octanol–water partition coefficient (Wildman–Crippen LogP) is 5.19. The monoisotopic (exact) mass is 454 g/mol. The second kappa shape index (κ2) is 8.35. The maximum atomic E-state index is 12.8. The van der Waals surface area contributed by atoms with Crippen LogP contribution in [0.1, 0.15) is 17.3 Å². The molecule has 0 radical (unpaired) electrons. The molecule has 0 saturated carbocycles. The van der Waals surface area contributed by atoms with E-state index in [9.17, 15) is 9.59 Å². The van der Waals surface area contributed by atoms with Crippen LogP contribution >= 0.6 is 35.2 Å². The van der Waals surface area contributed by atoms with Crippen molar-refractivity contribution < 1.29 is 9.59 Å². The number of amides is 2. The maximum Gasteiger partial charge on any atom is 0.258 e. The average Bonchev–Trinajstić information content (AvgIpc) is 3.08. The molecule has 1 heterocycles. The normalized spacial score (nSPS) is 10.7. The lowest BCUT2D eigenvalue weighted by atomic mass is 10.0. The van der Waals surface area contributed by atoms with E-state index in [1.165, 1.54) is 18.3 Å². The molecule has 150 valence electrons. The molecule has 3 N–H and O–H groups in total. The molecule has 0 spiro atoms. The maximum absolute atomic E-state index is 12.8. The van der Waals surface area contributed by atoms with Crippen molar-refractivity contribution in [1.29, 1.82) is 0 Å². The van der Waals surface area contributed by atoms with Crippen molar-refractivity contribution in [3.63, 3.8) is 0 Å². The first kappa shape index (κ1) is 20.2. The summed E-state index contributed by atoms with van der Waals surface area (Å²) in [6.45, 7) is 1.45. The number of thiocarbonyl (C=S) groups is 1. The predicted molar refractivity (Wildman–Crippen MR) is 127 cm³/mol. The van der Waals surface area contributed by atoms with Gasteiger partial charge in [-0.2, -0.15) is 0 Å². The van der Waals surface area contributed by atoms with Gasteiger partial charge < -0.3 is 10.6 Å². The summed E-state index contributed by atoms with van der Waals surface area (Å²) in [7, 11) is 0. The smallest absolute Gasteiger partial charge is 0.258 e. The van der Waals surface area contributed by atoms with Crippen LogP contribution in [-0.4, -0.2) is 21.9 Å². The highest BCUT2D eigenvalue weighted by molar-refractivity contribution is 7.80. The molecule has 0 aliphatic carbocycles. The van der Waals surface area contributed by atoms with Gasteiger partial charge >= 0.3 is 0 Å². The van der Waals surface area contributed by atoms with Gasteiger partial charge in [-0.3, -0.25) is 14.9 Å². The van der Waals surface area contributed by atoms with Crippen LogP contribution in [0.15, 0.2) is 54.6 Å². The fraction of sp³-hybridized carbons (Fsp3) is 0.0476. The highest BCUT2D eigenvalue weighted by Crippen LogP contribution is 2.29. The van der Waals surface area contributed by atoms with Gasteiger partial charge in [0, 0.05) is 28.6 Å². The van der Waals surface area contributed by atoms with E-state index in [2.05, 4.69) is 20.9 Å². The van der Waals surface area contributed by atoms with Crippen LogP contribution in [0.25, 0.3) is 21.0 Å². The first-order valence-electron chi connectivity index (χ1n) is 8.88. The Kier molecular flexibility index (Phi) is 5.63. The van der Waals surface area contributed by atoms with E-state index in [0.717, 1.165) is 21.0 Å². The van der Waals surface area contributed by atoms with Gasteiger partial charge in [-0.1, -0.05) is 47.2 Å². The number of halogens is 1. The van der Waals surface area contributed by atoms with E-state index in [-0.39, 0.29) is 16.9 Å². The molecule has 0 saturated heterocycles. The summed E-state index contributed by atoms with van der Waals surface area (Å²) in [6.07, 6.45) is 0. The number of carbonyl (C=O) groups excluding carboxylic acids is 2.